The zero-order chi connectivity index (χ0) is 13.0. The molecule has 0 heterocycles. The second-order valence-corrected chi connectivity index (χ2v) is 4.05. The van der Waals surface area contributed by atoms with E-state index in [1.807, 2.05) is 13.8 Å². The van der Waals surface area contributed by atoms with Crippen molar-refractivity contribution in [1.82, 2.24) is 0 Å². The van der Waals surface area contributed by atoms with Crippen molar-refractivity contribution >= 4 is 17.6 Å². The molecule has 0 saturated carbocycles. The number of benzene rings is 1. The van der Waals surface area contributed by atoms with Crippen LogP contribution in [0.5, 0.6) is 11.5 Å². The van der Waals surface area contributed by atoms with Gasteiger partial charge in [0, 0.05) is 0 Å². The normalized spacial score (nSPS) is 10.2. The fourth-order valence-electron chi connectivity index (χ4n) is 1.34. The summed E-state index contributed by atoms with van der Waals surface area (Å²) in [6.07, 6.45) is -0.0483. The van der Waals surface area contributed by atoms with E-state index in [1.54, 1.807) is 6.07 Å². The third kappa shape index (κ3) is 3.27. The fourth-order valence-corrected chi connectivity index (χ4v) is 1.63. The summed E-state index contributed by atoms with van der Waals surface area (Å²) in [6, 6.07) is 3.04. The van der Waals surface area contributed by atoms with E-state index in [-0.39, 0.29) is 6.10 Å². The molecule has 0 aliphatic rings. The maximum atomic E-state index is 11.4. The summed E-state index contributed by atoms with van der Waals surface area (Å²) >= 11 is 6.01. The zero-order valence-corrected chi connectivity index (χ0v) is 11.0. The van der Waals surface area contributed by atoms with Gasteiger partial charge in [-0.3, -0.25) is 0 Å². The van der Waals surface area contributed by atoms with Gasteiger partial charge in [-0.15, -0.1) is 0 Å². The van der Waals surface area contributed by atoms with E-state index in [2.05, 4.69) is 4.74 Å². The average Bonchev–Trinajstić information content (AvgIpc) is 2.26. The first kappa shape index (κ1) is 13.6. The van der Waals surface area contributed by atoms with Gasteiger partial charge in [0.1, 0.15) is 0 Å². The third-order valence-corrected chi connectivity index (χ3v) is 2.28. The summed E-state index contributed by atoms with van der Waals surface area (Å²) in [5.41, 5.74) is 0.328. The monoisotopic (exact) mass is 258 g/mol. The first-order chi connectivity index (χ1) is 7.99. The second kappa shape index (κ2) is 5.77. The molecule has 0 radical (unpaired) electrons. The molecule has 5 heteroatoms. The summed E-state index contributed by atoms with van der Waals surface area (Å²) in [5, 5.41) is 0.311. The molecule has 1 rings (SSSR count). The van der Waals surface area contributed by atoms with Gasteiger partial charge >= 0.3 is 5.97 Å². The SMILES string of the molecule is COC(=O)c1cc(Cl)c(OC)c(OC(C)C)c1. The van der Waals surface area contributed by atoms with Crippen molar-refractivity contribution in [3.63, 3.8) is 0 Å². The van der Waals surface area contributed by atoms with Crippen LogP contribution in [0.3, 0.4) is 0 Å². The molecule has 0 aliphatic heterocycles. The van der Waals surface area contributed by atoms with Crippen LogP contribution in [0.1, 0.15) is 24.2 Å². The highest BCUT2D eigenvalue weighted by atomic mass is 35.5. The number of esters is 1. The number of ether oxygens (including phenoxy) is 3. The molecule has 0 aliphatic carbocycles. The van der Waals surface area contributed by atoms with E-state index < -0.39 is 5.97 Å². The Hall–Kier alpha value is -1.42. The Morgan fingerprint density at radius 2 is 1.94 bits per heavy atom. The number of methoxy groups -OCH3 is 2. The molecule has 17 heavy (non-hydrogen) atoms. The molecule has 1 aromatic rings. The van der Waals surface area contributed by atoms with Crippen LogP contribution < -0.4 is 9.47 Å². The van der Waals surface area contributed by atoms with Gasteiger partial charge in [-0.2, -0.15) is 0 Å². The van der Waals surface area contributed by atoms with Crippen LogP contribution in [0, 0.1) is 0 Å². The van der Waals surface area contributed by atoms with Crippen molar-refractivity contribution in [2.75, 3.05) is 14.2 Å². The smallest absolute Gasteiger partial charge is 0.338 e. The van der Waals surface area contributed by atoms with E-state index >= 15 is 0 Å². The van der Waals surface area contributed by atoms with Crippen LogP contribution >= 0.6 is 11.6 Å². The molecule has 0 spiro atoms. The molecule has 0 fully saturated rings. The lowest BCUT2D eigenvalue weighted by molar-refractivity contribution is 0.0600. The molecule has 0 aromatic heterocycles. The minimum atomic E-state index is -0.469. The van der Waals surface area contributed by atoms with Gasteiger partial charge < -0.3 is 14.2 Å². The van der Waals surface area contributed by atoms with Crippen molar-refractivity contribution in [1.29, 1.82) is 0 Å². The Balaban J connectivity index is 3.23. The van der Waals surface area contributed by atoms with Gasteiger partial charge in [0.05, 0.1) is 30.9 Å². The van der Waals surface area contributed by atoms with E-state index in [4.69, 9.17) is 21.1 Å². The Morgan fingerprint density at radius 1 is 1.29 bits per heavy atom. The summed E-state index contributed by atoms with van der Waals surface area (Å²) in [5.74, 6) is 0.367. The van der Waals surface area contributed by atoms with Crippen LogP contribution in [0.4, 0.5) is 0 Å². The average molecular weight is 259 g/mol. The van der Waals surface area contributed by atoms with Crippen LogP contribution in [-0.2, 0) is 4.74 Å². The topological polar surface area (TPSA) is 44.8 Å². The minimum absolute atomic E-state index is 0.0483. The summed E-state index contributed by atoms with van der Waals surface area (Å²) in [6.45, 7) is 3.75. The Bertz CT molecular complexity index is 415. The number of hydrogen-bond acceptors (Lipinski definition) is 4. The Kier molecular flexibility index (Phi) is 4.63. The van der Waals surface area contributed by atoms with Crippen LogP contribution in [0.2, 0.25) is 5.02 Å². The van der Waals surface area contributed by atoms with E-state index in [1.165, 1.54) is 20.3 Å². The number of rotatable bonds is 4. The lowest BCUT2D eigenvalue weighted by atomic mass is 10.2. The molecular formula is C12H15ClO4. The predicted octanol–water partition coefficient (Wildman–Crippen LogP) is 2.92. The number of carbonyl (C=O) groups is 1. The second-order valence-electron chi connectivity index (χ2n) is 3.65. The van der Waals surface area contributed by atoms with Crippen molar-refractivity contribution in [3.05, 3.63) is 22.7 Å². The highest BCUT2D eigenvalue weighted by molar-refractivity contribution is 6.32. The fraction of sp³-hybridized carbons (Fsp3) is 0.417. The summed E-state index contributed by atoms with van der Waals surface area (Å²) in [4.78, 5) is 11.4. The summed E-state index contributed by atoms with van der Waals surface area (Å²) in [7, 11) is 2.80. The molecular weight excluding hydrogens is 244 g/mol. The molecule has 0 unspecified atom stereocenters. The van der Waals surface area contributed by atoms with Gasteiger partial charge in [0.15, 0.2) is 11.5 Å². The maximum absolute atomic E-state index is 11.4. The lowest BCUT2D eigenvalue weighted by Crippen LogP contribution is -2.09. The highest BCUT2D eigenvalue weighted by Crippen LogP contribution is 2.36. The first-order valence-electron chi connectivity index (χ1n) is 5.12. The van der Waals surface area contributed by atoms with E-state index in [9.17, 15) is 4.79 Å². The van der Waals surface area contributed by atoms with Crippen molar-refractivity contribution in [2.45, 2.75) is 20.0 Å². The van der Waals surface area contributed by atoms with Gasteiger partial charge in [-0.1, -0.05) is 11.6 Å². The Morgan fingerprint density at radius 3 is 2.41 bits per heavy atom. The molecule has 0 N–H and O–H groups in total. The molecule has 4 nitrogen and oxygen atoms in total. The van der Waals surface area contributed by atoms with E-state index in [0.29, 0.717) is 22.1 Å². The predicted molar refractivity (Wildman–Crippen MR) is 65.1 cm³/mol. The van der Waals surface area contributed by atoms with Crippen molar-refractivity contribution in [2.24, 2.45) is 0 Å². The molecule has 0 saturated heterocycles. The molecule has 1 aromatic carbocycles. The number of halogens is 1. The molecule has 0 atom stereocenters. The highest BCUT2D eigenvalue weighted by Gasteiger charge is 2.16. The third-order valence-electron chi connectivity index (χ3n) is 2.00. The quantitative estimate of drug-likeness (QED) is 0.779. The van der Waals surface area contributed by atoms with Gasteiger partial charge in [-0.25, -0.2) is 4.79 Å². The lowest BCUT2D eigenvalue weighted by Gasteiger charge is -2.15. The minimum Gasteiger partial charge on any atom is -0.491 e. The number of carbonyl (C=O) groups excluding carboxylic acids is 1. The van der Waals surface area contributed by atoms with Gasteiger partial charge in [-0.05, 0) is 26.0 Å². The maximum Gasteiger partial charge on any atom is 0.338 e. The molecule has 0 amide bonds. The van der Waals surface area contributed by atoms with Crippen molar-refractivity contribution in [3.8, 4) is 11.5 Å². The Labute approximate surface area is 105 Å². The summed E-state index contributed by atoms with van der Waals surface area (Å²) < 4.78 is 15.3. The van der Waals surface area contributed by atoms with Gasteiger partial charge in [0.25, 0.3) is 0 Å². The van der Waals surface area contributed by atoms with Crippen LogP contribution in [0.15, 0.2) is 12.1 Å². The van der Waals surface area contributed by atoms with Crippen LogP contribution in [-0.4, -0.2) is 26.3 Å². The molecule has 94 valence electrons. The largest absolute Gasteiger partial charge is 0.491 e. The van der Waals surface area contributed by atoms with Gasteiger partial charge in [0.2, 0.25) is 0 Å². The number of hydrogen-bond donors (Lipinski definition) is 0. The zero-order valence-electron chi connectivity index (χ0n) is 10.2. The van der Waals surface area contributed by atoms with E-state index in [0.717, 1.165) is 0 Å². The standard InChI is InChI=1S/C12H15ClO4/c1-7(2)17-10-6-8(12(14)16-4)5-9(13)11(10)15-3/h5-7H,1-4H3. The van der Waals surface area contributed by atoms with Crippen LogP contribution in [0.25, 0.3) is 0 Å². The molecule has 0 bridgehead atoms. The van der Waals surface area contributed by atoms with Crippen molar-refractivity contribution < 1.29 is 19.0 Å². The first-order valence-corrected chi connectivity index (χ1v) is 5.50.